The van der Waals surface area contributed by atoms with Crippen LogP contribution < -0.4 is 4.90 Å². The number of thiophene rings is 1. The van der Waals surface area contributed by atoms with Crippen LogP contribution in [0.2, 0.25) is 0 Å². The van der Waals surface area contributed by atoms with Crippen molar-refractivity contribution in [2.24, 2.45) is 0 Å². The van der Waals surface area contributed by atoms with Crippen LogP contribution in [0.5, 0.6) is 0 Å². The van der Waals surface area contributed by atoms with E-state index in [1.54, 1.807) is 17.4 Å². The van der Waals surface area contributed by atoms with E-state index in [-0.39, 0.29) is 11.7 Å². The van der Waals surface area contributed by atoms with Crippen molar-refractivity contribution in [3.05, 3.63) is 50.8 Å². The van der Waals surface area contributed by atoms with Gasteiger partial charge in [0.15, 0.2) is 0 Å². The van der Waals surface area contributed by atoms with Gasteiger partial charge in [0.2, 0.25) is 0 Å². The van der Waals surface area contributed by atoms with E-state index in [1.807, 2.05) is 18.0 Å². The topological polar surface area (TPSA) is 59.3 Å². The number of nitrogens with zero attached hydrogens (tertiary/aromatic N) is 3. The molecule has 0 bridgehead atoms. The van der Waals surface area contributed by atoms with Crippen molar-refractivity contribution < 1.29 is 4.92 Å². The summed E-state index contributed by atoms with van der Waals surface area (Å²) < 4.78 is 0. The SMILES string of the molecule is CC(Cc1cccs1)N(C)c1ccc([N+](=O)[O-])cn1. The number of pyridine rings is 1. The van der Waals surface area contributed by atoms with E-state index in [4.69, 9.17) is 0 Å². The van der Waals surface area contributed by atoms with Gasteiger partial charge in [0, 0.05) is 30.5 Å². The van der Waals surface area contributed by atoms with Crippen molar-refractivity contribution in [3.63, 3.8) is 0 Å². The molecular formula is C13H15N3O2S. The Labute approximate surface area is 115 Å². The summed E-state index contributed by atoms with van der Waals surface area (Å²) in [5.74, 6) is 0.745. The van der Waals surface area contributed by atoms with E-state index in [2.05, 4.69) is 23.4 Å². The molecule has 1 unspecified atom stereocenters. The van der Waals surface area contributed by atoms with Gasteiger partial charge in [-0.25, -0.2) is 4.98 Å². The third-order valence-electron chi connectivity index (χ3n) is 3.04. The van der Waals surface area contributed by atoms with Crippen molar-refractivity contribution in [3.8, 4) is 0 Å². The normalized spacial score (nSPS) is 12.1. The summed E-state index contributed by atoms with van der Waals surface area (Å²) in [7, 11) is 1.95. The van der Waals surface area contributed by atoms with Gasteiger partial charge >= 0.3 is 0 Å². The summed E-state index contributed by atoms with van der Waals surface area (Å²) in [5, 5.41) is 12.6. The highest BCUT2D eigenvalue weighted by Crippen LogP contribution is 2.19. The molecule has 1 atom stereocenters. The van der Waals surface area contributed by atoms with Gasteiger partial charge in [0.05, 0.1) is 4.92 Å². The lowest BCUT2D eigenvalue weighted by molar-refractivity contribution is -0.385. The maximum absolute atomic E-state index is 10.6. The largest absolute Gasteiger partial charge is 0.357 e. The van der Waals surface area contributed by atoms with Gasteiger partial charge in [-0.2, -0.15) is 0 Å². The molecule has 100 valence electrons. The molecule has 0 saturated heterocycles. The van der Waals surface area contributed by atoms with Crippen molar-refractivity contribution in [2.75, 3.05) is 11.9 Å². The van der Waals surface area contributed by atoms with Gasteiger partial charge in [0.25, 0.3) is 5.69 Å². The number of rotatable bonds is 5. The minimum atomic E-state index is -0.439. The lowest BCUT2D eigenvalue weighted by Gasteiger charge is -2.25. The lowest BCUT2D eigenvalue weighted by Crippen LogP contribution is -2.31. The van der Waals surface area contributed by atoms with Crippen LogP contribution in [0.25, 0.3) is 0 Å². The molecule has 0 N–H and O–H groups in total. The Balaban J connectivity index is 2.06. The van der Waals surface area contributed by atoms with E-state index >= 15 is 0 Å². The Bertz CT molecular complexity index is 540. The van der Waals surface area contributed by atoms with Gasteiger partial charge < -0.3 is 4.90 Å². The molecule has 0 fully saturated rings. The van der Waals surface area contributed by atoms with Crippen molar-refractivity contribution >= 4 is 22.8 Å². The Morgan fingerprint density at radius 2 is 2.26 bits per heavy atom. The van der Waals surface area contributed by atoms with Gasteiger partial charge in [-0.3, -0.25) is 10.1 Å². The van der Waals surface area contributed by atoms with E-state index in [0.717, 1.165) is 12.2 Å². The Morgan fingerprint density at radius 1 is 1.47 bits per heavy atom. The first-order valence-electron chi connectivity index (χ1n) is 5.93. The summed E-state index contributed by atoms with van der Waals surface area (Å²) in [6.07, 6.45) is 2.23. The van der Waals surface area contributed by atoms with Crippen molar-refractivity contribution in [2.45, 2.75) is 19.4 Å². The number of hydrogen-bond acceptors (Lipinski definition) is 5. The number of hydrogen-bond donors (Lipinski definition) is 0. The highest BCUT2D eigenvalue weighted by molar-refractivity contribution is 7.09. The van der Waals surface area contributed by atoms with E-state index in [0.29, 0.717) is 0 Å². The van der Waals surface area contributed by atoms with Crippen LogP contribution in [-0.2, 0) is 6.42 Å². The van der Waals surface area contributed by atoms with Crippen LogP contribution >= 0.6 is 11.3 Å². The van der Waals surface area contributed by atoms with Crippen molar-refractivity contribution in [1.82, 2.24) is 4.98 Å². The van der Waals surface area contributed by atoms with Gasteiger partial charge in [0.1, 0.15) is 12.0 Å². The third-order valence-corrected chi connectivity index (χ3v) is 3.94. The Kier molecular flexibility index (Phi) is 4.11. The first kappa shape index (κ1) is 13.5. The summed E-state index contributed by atoms with van der Waals surface area (Å²) in [6, 6.07) is 7.60. The molecular weight excluding hydrogens is 262 g/mol. The van der Waals surface area contributed by atoms with Gasteiger partial charge in [-0.15, -0.1) is 11.3 Å². The summed E-state index contributed by atoms with van der Waals surface area (Å²) >= 11 is 1.73. The Morgan fingerprint density at radius 3 is 2.79 bits per heavy atom. The molecule has 0 spiro atoms. The number of nitro groups is 1. The maximum Gasteiger partial charge on any atom is 0.287 e. The monoisotopic (exact) mass is 277 g/mol. The molecule has 2 aromatic heterocycles. The fourth-order valence-electron chi connectivity index (χ4n) is 1.78. The van der Waals surface area contributed by atoms with Crippen molar-refractivity contribution in [1.29, 1.82) is 0 Å². The molecule has 0 aliphatic carbocycles. The standard InChI is InChI=1S/C13H15N3O2S/c1-10(8-12-4-3-7-19-12)15(2)13-6-5-11(9-14-13)16(17)18/h3-7,9-10H,8H2,1-2H3. The summed E-state index contributed by atoms with van der Waals surface area (Å²) in [4.78, 5) is 17.6. The first-order valence-corrected chi connectivity index (χ1v) is 6.81. The van der Waals surface area contributed by atoms with Crippen LogP contribution in [0.1, 0.15) is 11.8 Å². The van der Waals surface area contributed by atoms with Gasteiger partial charge in [-0.05, 0) is 24.4 Å². The smallest absolute Gasteiger partial charge is 0.287 e. The highest BCUT2D eigenvalue weighted by Gasteiger charge is 2.14. The van der Waals surface area contributed by atoms with Gasteiger partial charge in [-0.1, -0.05) is 6.07 Å². The molecule has 6 heteroatoms. The molecule has 0 saturated carbocycles. The fourth-order valence-corrected chi connectivity index (χ4v) is 2.60. The van der Waals surface area contributed by atoms with Crippen LogP contribution in [0.4, 0.5) is 11.5 Å². The maximum atomic E-state index is 10.6. The molecule has 0 aromatic carbocycles. The number of anilines is 1. The van der Waals surface area contributed by atoms with E-state index in [9.17, 15) is 10.1 Å². The van der Waals surface area contributed by atoms with E-state index < -0.39 is 4.92 Å². The minimum absolute atomic E-state index is 0.0167. The van der Waals surface area contributed by atoms with Crippen LogP contribution in [0.3, 0.4) is 0 Å². The predicted octanol–water partition coefficient (Wildman–Crippen LogP) is 3.12. The quantitative estimate of drug-likeness (QED) is 0.622. The third kappa shape index (κ3) is 3.29. The Hall–Kier alpha value is -1.95. The minimum Gasteiger partial charge on any atom is -0.357 e. The fraction of sp³-hybridized carbons (Fsp3) is 0.308. The molecule has 0 amide bonds. The molecule has 19 heavy (non-hydrogen) atoms. The molecule has 5 nitrogen and oxygen atoms in total. The number of aromatic nitrogens is 1. The molecule has 0 aliphatic rings. The second-order valence-corrected chi connectivity index (χ2v) is 5.41. The van der Waals surface area contributed by atoms with E-state index in [1.165, 1.54) is 17.1 Å². The molecule has 0 aliphatic heterocycles. The van der Waals surface area contributed by atoms with Crippen LogP contribution in [-0.4, -0.2) is 23.0 Å². The molecule has 0 radical (unpaired) electrons. The summed E-state index contributed by atoms with van der Waals surface area (Å²) in [6.45, 7) is 2.11. The molecule has 2 rings (SSSR count). The van der Waals surface area contributed by atoms with Crippen LogP contribution in [0.15, 0.2) is 35.8 Å². The zero-order valence-corrected chi connectivity index (χ0v) is 11.6. The summed E-state index contributed by atoms with van der Waals surface area (Å²) in [5.41, 5.74) is 0.0167. The second kappa shape index (κ2) is 5.79. The molecule has 2 heterocycles. The number of likely N-dealkylation sites (N-methyl/N-ethyl adjacent to an activating group) is 1. The molecule has 2 aromatic rings. The predicted molar refractivity (Wildman–Crippen MR) is 76.8 cm³/mol. The first-order chi connectivity index (χ1) is 9.08. The average molecular weight is 277 g/mol. The zero-order valence-electron chi connectivity index (χ0n) is 10.8. The average Bonchev–Trinajstić information content (AvgIpc) is 2.90. The highest BCUT2D eigenvalue weighted by atomic mass is 32.1. The van der Waals surface area contributed by atoms with Crippen LogP contribution in [0, 0.1) is 10.1 Å². The lowest BCUT2D eigenvalue weighted by atomic mass is 10.2. The zero-order chi connectivity index (χ0) is 13.8. The second-order valence-electron chi connectivity index (χ2n) is 4.38.